The van der Waals surface area contributed by atoms with Crippen LogP contribution in [-0.2, 0) is 0 Å². The first-order valence-corrected chi connectivity index (χ1v) is 7.86. The molecule has 1 aromatic heterocycles. The van der Waals surface area contributed by atoms with Gasteiger partial charge in [-0.25, -0.2) is 0 Å². The molecular weight excluding hydrogens is 360 g/mol. The van der Waals surface area contributed by atoms with Crippen LogP contribution in [0.4, 0.5) is 5.69 Å². The fraction of sp³-hybridized carbons (Fsp3) is 0.294. The largest absolute Gasteiger partial charge is 0.490 e. The number of nitro benzene ring substituents is 1. The van der Waals surface area contributed by atoms with Crippen molar-refractivity contribution < 1.29 is 14.5 Å². The molecule has 0 bridgehead atoms. The van der Waals surface area contributed by atoms with E-state index in [9.17, 15) is 14.9 Å². The van der Waals surface area contributed by atoms with Crippen LogP contribution in [0, 0.1) is 10.1 Å². The maximum atomic E-state index is 13.0. The predicted molar refractivity (Wildman–Crippen MR) is 97.8 cm³/mol. The van der Waals surface area contributed by atoms with E-state index in [1.54, 1.807) is 23.4 Å². The molecule has 138 valence electrons. The van der Waals surface area contributed by atoms with Crippen LogP contribution in [-0.4, -0.2) is 47.5 Å². The van der Waals surface area contributed by atoms with Crippen molar-refractivity contribution >= 4 is 24.0 Å². The van der Waals surface area contributed by atoms with Crippen molar-refractivity contribution in [2.75, 3.05) is 26.7 Å². The smallest absolute Gasteiger partial charge is 0.311 e. The number of carbonyl (C=O) groups is 1. The molecule has 0 spiro atoms. The third kappa shape index (κ3) is 3.92. The number of ether oxygens (including phenoxy) is 1. The second kappa shape index (κ2) is 8.59. The van der Waals surface area contributed by atoms with Crippen LogP contribution in [0.1, 0.15) is 22.0 Å². The first-order valence-electron chi connectivity index (χ1n) is 7.86. The number of nitrogens with zero attached hydrogens (tertiary/aromatic N) is 3. The summed E-state index contributed by atoms with van der Waals surface area (Å²) in [6.45, 7) is 1.79. The molecular formula is C17H19ClN4O4. The van der Waals surface area contributed by atoms with Crippen molar-refractivity contribution in [1.29, 1.82) is 0 Å². The maximum Gasteiger partial charge on any atom is 0.311 e. The van der Waals surface area contributed by atoms with Crippen LogP contribution in [0.15, 0.2) is 42.7 Å². The van der Waals surface area contributed by atoms with Crippen LogP contribution in [0.2, 0.25) is 0 Å². The van der Waals surface area contributed by atoms with Crippen LogP contribution in [0.5, 0.6) is 5.75 Å². The summed E-state index contributed by atoms with van der Waals surface area (Å²) in [5.74, 6) is -0.119. The van der Waals surface area contributed by atoms with E-state index in [2.05, 4.69) is 10.3 Å². The maximum absolute atomic E-state index is 13.0. The number of amides is 1. The number of piperazine rings is 1. The molecule has 0 aliphatic carbocycles. The summed E-state index contributed by atoms with van der Waals surface area (Å²) in [5, 5.41) is 14.5. The fourth-order valence-electron chi connectivity index (χ4n) is 2.95. The number of rotatable bonds is 4. The minimum absolute atomic E-state index is 0. The third-order valence-electron chi connectivity index (χ3n) is 4.20. The highest BCUT2D eigenvalue weighted by atomic mass is 35.5. The van der Waals surface area contributed by atoms with E-state index >= 15 is 0 Å². The molecule has 3 rings (SSSR count). The zero-order valence-corrected chi connectivity index (χ0v) is 14.9. The van der Waals surface area contributed by atoms with E-state index in [0.29, 0.717) is 19.6 Å². The molecule has 1 atom stereocenters. The number of methoxy groups -OCH3 is 1. The molecule has 8 nitrogen and oxygen atoms in total. The SMILES string of the molecule is COc1ccc(C(=O)N2CCNCC2c2cccnc2)cc1[N+](=O)[O-].Cl. The van der Waals surface area contributed by atoms with Crippen molar-refractivity contribution in [2.45, 2.75) is 6.04 Å². The number of benzene rings is 1. The quantitative estimate of drug-likeness (QED) is 0.647. The van der Waals surface area contributed by atoms with Gasteiger partial charge in [0.1, 0.15) is 0 Å². The normalized spacial score (nSPS) is 16.5. The lowest BCUT2D eigenvalue weighted by Gasteiger charge is -2.36. The molecule has 1 aromatic carbocycles. The summed E-state index contributed by atoms with van der Waals surface area (Å²) in [7, 11) is 1.36. The molecule has 1 unspecified atom stereocenters. The molecule has 1 saturated heterocycles. The highest BCUT2D eigenvalue weighted by Crippen LogP contribution is 2.30. The number of aromatic nitrogens is 1. The van der Waals surface area contributed by atoms with E-state index in [1.165, 1.54) is 19.2 Å². The summed E-state index contributed by atoms with van der Waals surface area (Å²) in [4.78, 5) is 29.5. The lowest BCUT2D eigenvalue weighted by atomic mass is 10.0. The molecule has 1 aliphatic rings. The zero-order valence-electron chi connectivity index (χ0n) is 14.1. The first-order chi connectivity index (χ1) is 12.1. The van der Waals surface area contributed by atoms with Crippen molar-refractivity contribution in [3.8, 4) is 5.75 Å². The van der Waals surface area contributed by atoms with Gasteiger partial charge < -0.3 is 15.0 Å². The molecule has 1 N–H and O–H groups in total. The second-order valence-electron chi connectivity index (χ2n) is 5.65. The van der Waals surface area contributed by atoms with E-state index in [1.807, 2.05) is 12.1 Å². The van der Waals surface area contributed by atoms with Crippen LogP contribution in [0.3, 0.4) is 0 Å². The highest BCUT2D eigenvalue weighted by Gasteiger charge is 2.30. The van der Waals surface area contributed by atoms with Crippen LogP contribution >= 0.6 is 12.4 Å². The Bertz CT molecular complexity index is 788. The average molecular weight is 379 g/mol. The topological polar surface area (TPSA) is 97.6 Å². The average Bonchev–Trinajstić information content (AvgIpc) is 2.67. The van der Waals surface area contributed by atoms with Crippen molar-refractivity contribution in [3.05, 3.63) is 64.0 Å². The van der Waals surface area contributed by atoms with Crippen molar-refractivity contribution in [3.63, 3.8) is 0 Å². The summed E-state index contributed by atoms with van der Waals surface area (Å²) in [5.41, 5.74) is 0.968. The predicted octanol–water partition coefficient (Wildman–Crippen LogP) is 2.21. The van der Waals surface area contributed by atoms with Crippen molar-refractivity contribution in [2.24, 2.45) is 0 Å². The molecule has 2 heterocycles. The molecule has 1 aliphatic heterocycles. The monoisotopic (exact) mass is 378 g/mol. The Morgan fingerprint density at radius 2 is 2.23 bits per heavy atom. The summed E-state index contributed by atoms with van der Waals surface area (Å²) in [6.07, 6.45) is 3.41. The summed E-state index contributed by atoms with van der Waals surface area (Å²) < 4.78 is 4.99. The molecule has 2 aromatic rings. The van der Waals surface area contributed by atoms with E-state index in [0.717, 1.165) is 5.56 Å². The number of hydrogen-bond acceptors (Lipinski definition) is 6. The summed E-state index contributed by atoms with van der Waals surface area (Å²) >= 11 is 0. The van der Waals surface area contributed by atoms with Gasteiger partial charge >= 0.3 is 5.69 Å². The Morgan fingerprint density at radius 1 is 1.42 bits per heavy atom. The molecule has 0 radical (unpaired) electrons. The van der Waals surface area contributed by atoms with Gasteiger partial charge in [-0.15, -0.1) is 12.4 Å². The third-order valence-corrected chi connectivity index (χ3v) is 4.20. The van der Waals surface area contributed by atoms with Gasteiger partial charge in [0.2, 0.25) is 0 Å². The number of pyridine rings is 1. The standard InChI is InChI=1S/C17H18N4O4.ClH/c1-25-16-5-4-12(9-14(16)21(23)24)17(22)20-8-7-19-11-15(20)13-3-2-6-18-10-13;/h2-6,9-10,15,19H,7-8,11H2,1H3;1H. The number of hydrogen-bond donors (Lipinski definition) is 1. The Labute approximate surface area is 156 Å². The molecule has 9 heteroatoms. The number of halogens is 1. The van der Waals surface area contributed by atoms with Gasteiger partial charge in [-0.2, -0.15) is 0 Å². The second-order valence-corrected chi connectivity index (χ2v) is 5.65. The molecule has 1 fully saturated rings. The van der Waals surface area contributed by atoms with Gasteiger partial charge in [0.25, 0.3) is 5.91 Å². The number of nitro groups is 1. The Hall–Kier alpha value is -2.71. The number of nitrogens with one attached hydrogen (secondary N) is 1. The Kier molecular flexibility index (Phi) is 6.48. The molecule has 1 amide bonds. The lowest BCUT2D eigenvalue weighted by Crippen LogP contribution is -2.48. The highest BCUT2D eigenvalue weighted by molar-refractivity contribution is 5.95. The fourth-order valence-corrected chi connectivity index (χ4v) is 2.95. The molecule has 26 heavy (non-hydrogen) atoms. The van der Waals surface area contributed by atoms with Crippen LogP contribution in [0.25, 0.3) is 0 Å². The van der Waals surface area contributed by atoms with Gasteiger partial charge in [-0.05, 0) is 23.8 Å². The lowest BCUT2D eigenvalue weighted by molar-refractivity contribution is -0.385. The van der Waals surface area contributed by atoms with Gasteiger partial charge in [0.15, 0.2) is 5.75 Å². The Balaban J connectivity index is 0.00000243. The summed E-state index contributed by atoms with van der Waals surface area (Å²) in [6, 6.07) is 7.84. The Morgan fingerprint density at radius 3 is 2.88 bits per heavy atom. The van der Waals surface area contributed by atoms with Gasteiger partial charge in [-0.3, -0.25) is 19.9 Å². The van der Waals surface area contributed by atoms with E-state index in [-0.39, 0.29) is 41.4 Å². The van der Waals surface area contributed by atoms with Gasteiger partial charge in [-0.1, -0.05) is 6.07 Å². The minimum Gasteiger partial charge on any atom is -0.490 e. The number of carbonyl (C=O) groups excluding carboxylic acids is 1. The van der Waals surface area contributed by atoms with Crippen LogP contribution < -0.4 is 10.1 Å². The zero-order chi connectivity index (χ0) is 17.8. The van der Waals surface area contributed by atoms with Crippen molar-refractivity contribution in [1.82, 2.24) is 15.2 Å². The van der Waals surface area contributed by atoms with E-state index in [4.69, 9.17) is 4.74 Å². The first kappa shape index (κ1) is 19.6. The minimum atomic E-state index is -0.550. The van der Waals surface area contributed by atoms with Gasteiger partial charge in [0, 0.05) is 43.7 Å². The van der Waals surface area contributed by atoms with E-state index < -0.39 is 4.92 Å². The van der Waals surface area contributed by atoms with Gasteiger partial charge in [0.05, 0.1) is 18.1 Å². The molecule has 0 saturated carbocycles.